The van der Waals surface area contributed by atoms with Gasteiger partial charge in [-0.15, -0.1) is 0 Å². The first kappa shape index (κ1) is 11.5. The second-order valence-electron chi connectivity index (χ2n) is 3.57. The van der Waals surface area contributed by atoms with Crippen molar-refractivity contribution in [3.8, 4) is 0 Å². The number of hydrogen-bond acceptors (Lipinski definition) is 2. The molecule has 0 saturated heterocycles. The number of nitrogen functional groups attached to an aromatic ring is 1. The Balaban J connectivity index is 2.33. The molecule has 0 fully saturated rings. The first-order valence-corrected chi connectivity index (χ1v) is 5.97. The van der Waals surface area contributed by atoms with E-state index in [4.69, 9.17) is 17.3 Å². The highest BCUT2D eigenvalue weighted by atomic mass is 79.9. The van der Waals surface area contributed by atoms with E-state index in [1.165, 1.54) is 0 Å². The van der Waals surface area contributed by atoms with Crippen molar-refractivity contribution in [1.82, 2.24) is 9.78 Å². The van der Waals surface area contributed by atoms with E-state index >= 15 is 0 Å². The third-order valence-corrected chi connectivity index (χ3v) is 3.48. The van der Waals surface area contributed by atoms with Gasteiger partial charge in [0.1, 0.15) is 0 Å². The number of aryl methyl sites for hydroxylation is 1. The lowest BCUT2D eigenvalue weighted by molar-refractivity contribution is 0.679. The second kappa shape index (κ2) is 4.47. The minimum atomic E-state index is 0.612. The maximum absolute atomic E-state index is 5.95. The van der Waals surface area contributed by atoms with E-state index in [-0.39, 0.29) is 0 Å². The summed E-state index contributed by atoms with van der Waals surface area (Å²) in [5.74, 6) is 0. The quantitative estimate of drug-likeness (QED) is 0.865. The van der Waals surface area contributed by atoms with Gasteiger partial charge in [0.15, 0.2) is 0 Å². The molecule has 84 valence electrons. The summed E-state index contributed by atoms with van der Waals surface area (Å²) >= 11 is 9.42. The Hall–Kier alpha value is -1.000. The van der Waals surface area contributed by atoms with Crippen LogP contribution in [0.4, 0.5) is 5.69 Å². The molecule has 0 atom stereocenters. The topological polar surface area (TPSA) is 43.8 Å². The number of rotatable bonds is 2. The maximum atomic E-state index is 5.95. The monoisotopic (exact) mass is 299 g/mol. The zero-order valence-electron chi connectivity index (χ0n) is 8.74. The van der Waals surface area contributed by atoms with Crippen LogP contribution >= 0.6 is 27.5 Å². The molecule has 1 heterocycles. The Kier molecular flexibility index (Phi) is 3.21. The van der Waals surface area contributed by atoms with Gasteiger partial charge in [-0.25, -0.2) is 0 Å². The zero-order chi connectivity index (χ0) is 11.7. The molecule has 0 aliphatic heterocycles. The Labute approximate surface area is 107 Å². The van der Waals surface area contributed by atoms with Crippen LogP contribution in [-0.2, 0) is 6.54 Å². The predicted molar refractivity (Wildman–Crippen MR) is 69.6 cm³/mol. The average molecular weight is 301 g/mol. The normalized spacial score (nSPS) is 10.7. The van der Waals surface area contributed by atoms with E-state index in [9.17, 15) is 0 Å². The van der Waals surface area contributed by atoms with Crippen LogP contribution in [0.5, 0.6) is 0 Å². The second-order valence-corrected chi connectivity index (χ2v) is 4.83. The van der Waals surface area contributed by atoms with E-state index in [1.807, 2.05) is 25.1 Å². The van der Waals surface area contributed by atoms with Crippen molar-refractivity contribution in [2.45, 2.75) is 13.5 Å². The van der Waals surface area contributed by atoms with Crippen LogP contribution in [-0.4, -0.2) is 9.78 Å². The van der Waals surface area contributed by atoms with Crippen molar-refractivity contribution >= 4 is 33.2 Å². The standard InChI is InChI=1S/C11H11BrClN3/c1-7-10(13)6-16(15-7)5-8-9(12)3-2-4-11(8)14/h2-4,6H,5,14H2,1H3. The Morgan fingerprint density at radius 1 is 1.50 bits per heavy atom. The number of nitrogens with zero attached hydrogens (tertiary/aromatic N) is 2. The molecule has 16 heavy (non-hydrogen) atoms. The number of hydrogen-bond donors (Lipinski definition) is 1. The summed E-state index contributed by atoms with van der Waals surface area (Å²) in [6.07, 6.45) is 1.80. The van der Waals surface area contributed by atoms with E-state index in [2.05, 4.69) is 21.0 Å². The van der Waals surface area contributed by atoms with E-state index in [0.29, 0.717) is 11.6 Å². The SMILES string of the molecule is Cc1nn(Cc2c(N)cccc2Br)cc1Cl. The first-order valence-electron chi connectivity index (χ1n) is 4.80. The fourth-order valence-corrected chi connectivity index (χ4v) is 2.14. The van der Waals surface area contributed by atoms with E-state index < -0.39 is 0 Å². The molecule has 2 N–H and O–H groups in total. The average Bonchev–Trinajstić information content (AvgIpc) is 2.53. The molecule has 2 rings (SSSR count). The summed E-state index contributed by atoms with van der Waals surface area (Å²) < 4.78 is 2.77. The van der Waals surface area contributed by atoms with Gasteiger partial charge in [-0.05, 0) is 19.1 Å². The van der Waals surface area contributed by atoms with E-state index in [1.54, 1.807) is 10.9 Å². The summed E-state index contributed by atoms with van der Waals surface area (Å²) in [7, 11) is 0. The molecular weight excluding hydrogens is 289 g/mol. The number of halogens is 2. The van der Waals surface area contributed by atoms with Crippen LogP contribution in [0.1, 0.15) is 11.3 Å². The molecule has 0 saturated carbocycles. The van der Waals surface area contributed by atoms with E-state index in [0.717, 1.165) is 21.4 Å². The Bertz CT molecular complexity index is 482. The van der Waals surface area contributed by atoms with Crippen LogP contribution < -0.4 is 5.73 Å². The number of aromatic nitrogens is 2. The van der Waals surface area contributed by atoms with Crippen molar-refractivity contribution < 1.29 is 0 Å². The molecule has 2 aromatic rings. The zero-order valence-corrected chi connectivity index (χ0v) is 11.1. The van der Waals surface area contributed by atoms with Crippen LogP contribution in [0.3, 0.4) is 0 Å². The summed E-state index contributed by atoms with van der Waals surface area (Å²) in [6, 6.07) is 5.74. The highest BCUT2D eigenvalue weighted by molar-refractivity contribution is 9.10. The first-order chi connectivity index (χ1) is 7.58. The van der Waals surface area contributed by atoms with Gasteiger partial charge in [-0.1, -0.05) is 33.6 Å². The maximum Gasteiger partial charge on any atom is 0.0815 e. The fourth-order valence-electron chi connectivity index (χ4n) is 1.48. The lowest BCUT2D eigenvalue weighted by Crippen LogP contribution is -2.04. The minimum Gasteiger partial charge on any atom is -0.398 e. The molecule has 0 aliphatic rings. The van der Waals surface area contributed by atoms with Gasteiger partial charge in [0.25, 0.3) is 0 Å². The lowest BCUT2D eigenvalue weighted by Gasteiger charge is -2.07. The van der Waals surface area contributed by atoms with Gasteiger partial charge in [-0.3, -0.25) is 4.68 Å². The molecule has 3 nitrogen and oxygen atoms in total. The van der Waals surface area contributed by atoms with Crippen LogP contribution in [0.25, 0.3) is 0 Å². The van der Waals surface area contributed by atoms with Crippen LogP contribution in [0.2, 0.25) is 5.02 Å². The minimum absolute atomic E-state index is 0.612. The lowest BCUT2D eigenvalue weighted by atomic mass is 10.2. The van der Waals surface area contributed by atoms with Crippen molar-refractivity contribution in [3.05, 3.63) is 45.1 Å². The summed E-state index contributed by atoms with van der Waals surface area (Å²) in [4.78, 5) is 0. The van der Waals surface area contributed by atoms with Crippen molar-refractivity contribution in [1.29, 1.82) is 0 Å². The molecule has 0 amide bonds. The third kappa shape index (κ3) is 2.23. The number of anilines is 1. The fraction of sp³-hybridized carbons (Fsp3) is 0.182. The summed E-state index contributed by atoms with van der Waals surface area (Å²) in [5.41, 5.74) is 8.50. The van der Waals surface area contributed by atoms with Gasteiger partial charge in [0.2, 0.25) is 0 Å². The Morgan fingerprint density at radius 2 is 2.25 bits per heavy atom. The molecule has 0 radical (unpaired) electrons. The molecule has 0 spiro atoms. The van der Waals surface area contributed by atoms with Gasteiger partial charge < -0.3 is 5.73 Å². The molecule has 0 aliphatic carbocycles. The van der Waals surface area contributed by atoms with Crippen LogP contribution in [0.15, 0.2) is 28.9 Å². The number of nitrogens with two attached hydrogens (primary N) is 1. The molecule has 5 heteroatoms. The highest BCUT2D eigenvalue weighted by Crippen LogP contribution is 2.24. The number of benzene rings is 1. The van der Waals surface area contributed by atoms with Crippen LogP contribution in [0, 0.1) is 6.92 Å². The van der Waals surface area contributed by atoms with Crippen molar-refractivity contribution in [2.75, 3.05) is 5.73 Å². The molecule has 0 bridgehead atoms. The van der Waals surface area contributed by atoms with Gasteiger partial charge >= 0.3 is 0 Å². The van der Waals surface area contributed by atoms with Gasteiger partial charge in [-0.2, -0.15) is 5.10 Å². The summed E-state index contributed by atoms with van der Waals surface area (Å²) in [6.45, 7) is 2.49. The smallest absolute Gasteiger partial charge is 0.0815 e. The molecule has 1 aromatic carbocycles. The van der Waals surface area contributed by atoms with Gasteiger partial charge in [0, 0.05) is 21.9 Å². The Morgan fingerprint density at radius 3 is 2.81 bits per heavy atom. The van der Waals surface area contributed by atoms with Gasteiger partial charge in [0.05, 0.1) is 17.3 Å². The summed E-state index contributed by atoms with van der Waals surface area (Å²) in [5, 5.41) is 4.97. The molecule has 1 aromatic heterocycles. The molecular formula is C11H11BrClN3. The largest absolute Gasteiger partial charge is 0.398 e. The van der Waals surface area contributed by atoms with Crippen molar-refractivity contribution in [2.24, 2.45) is 0 Å². The third-order valence-electron chi connectivity index (χ3n) is 2.36. The van der Waals surface area contributed by atoms with Crippen molar-refractivity contribution in [3.63, 3.8) is 0 Å². The highest BCUT2D eigenvalue weighted by Gasteiger charge is 2.07. The predicted octanol–water partition coefficient (Wildman–Crippen LogP) is 3.24. The molecule has 0 unspecified atom stereocenters.